The zero-order valence-corrected chi connectivity index (χ0v) is 15.1. The third-order valence-electron chi connectivity index (χ3n) is 3.75. The lowest BCUT2D eigenvalue weighted by Crippen LogP contribution is -2.30. The Hall–Kier alpha value is -2.47. The van der Waals surface area contributed by atoms with Gasteiger partial charge >= 0.3 is 0 Å². The van der Waals surface area contributed by atoms with Gasteiger partial charge in [0.15, 0.2) is 0 Å². The molecule has 6 heteroatoms. The van der Waals surface area contributed by atoms with E-state index in [9.17, 15) is 9.59 Å². The minimum Gasteiger partial charge on any atom is -0.496 e. The quantitative estimate of drug-likeness (QED) is 0.738. The van der Waals surface area contributed by atoms with E-state index < -0.39 is 0 Å². The van der Waals surface area contributed by atoms with Crippen LogP contribution in [0.25, 0.3) is 5.57 Å². The van der Waals surface area contributed by atoms with Gasteiger partial charge in [0.05, 0.1) is 30.4 Å². The molecule has 0 atom stereocenters. The van der Waals surface area contributed by atoms with Crippen molar-refractivity contribution in [1.82, 2.24) is 4.90 Å². The van der Waals surface area contributed by atoms with Gasteiger partial charge < -0.3 is 9.15 Å². The van der Waals surface area contributed by atoms with Gasteiger partial charge in [-0.05, 0) is 18.2 Å². The number of thioether (sulfide) groups is 1. The number of amides is 2. The zero-order chi connectivity index (χ0) is 18.0. The number of furan rings is 1. The van der Waals surface area contributed by atoms with E-state index in [1.54, 1.807) is 31.4 Å². The van der Waals surface area contributed by atoms with Crippen LogP contribution in [-0.2, 0) is 16.1 Å². The van der Waals surface area contributed by atoms with E-state index in [2.05, 4.69) is 0 Å². The Morgan fingerprint density at radius 3 is 2.52 bits per heavy atom. The number of imide groups is 1. The van der Waals surface area contributed by atoms with Gasteiger partial charge in [-0.15, -0.1) is 11.8 Å². The fraction of sp³-hybridized carbons (Fsp3) is 0.263. The van der Waals surface area contributed by atoms with Crippen molar-refractivity contribution in [3.63, 3.8) is 0 Å². The van der Waals surface area contributed by atoms with E-state index in [-0.39, 0.29) is 23.6 Å². The van der Waals surface area contributed by atoms with Crippen molar-refractivity contribution in [2.75, 3.05) is 7.11 Å². The standard InChI is InChI=1S/C19H19NO4S/c1-12(2)25-17-16(14-8-4-5-9-15(14)23-3)18(21)20(19(17)22)11-13-7-6-10-24-13/h4-10,12H,11H2,1-3H3. The first-order chi connectivity index (χ1) is 12.0. The SMILES string of the molecule is COc1ccccc1C1=C(SC(C)C)C(=O)N(Cc2ccco2)C1=O. The number of para-hydroxylation sites is 1. The van der Waals surface area contributed by atoms with E-state index in [0.717, 1.165) is 0 Å². The third kappa shape index (κ3) is 3.35. The molecule has 0 spiro atoms. The van der Waals surface area contributed by atoms with Crippen LogP contribution in [0.5, 0.6) is 5.75 Å². The van der Waals surface area contributed by atoms with Crippen LogP contribution in [0.3, 0.4) is 0 Å². The van der Waals surface area contributed by atoms with Crippen LogP contribution in [0, 0.1) is 0 Å². The summed E-state index contributed by atoms with van der Waals surface area (Å²) < 4.78 is 10.7. The highest BCUT2D eigenvalue weighted by Gasteiger charge is 2.40. The topological polar surface area (TPSA) is 59.8 Å². The fourth-order valence-electron chi connectivity index (χ4n) is 2.69. The smallest absolute Gasteiger partial charge is 0.268 e. The first kappa shape index (κ1) is 17.4. The summed E-state index contributed by atoms with van der Waals surface area (Å²) in [6.45, 7) is 4.10. The highest BCUT2D eigenvalue weighted by Crippen LogP contribution is 2.41. The molecular formula is C19H19NO4S. The van der Waals surface area contributed by atoms with Crippen molar-refractivity contribution in [3.05, 3.63) is 58.9 Å². The second-order valence-electron chi connectivity index (χ2n) is 5.85. The van der Waals surface area contributed by atoms with E-state index in [1.165, 1.54) is 22.9 Å². The molecule has 0 N–H and O–H groups in total. The lowest BCUT2D eigenvalue weighted by molar-refractivity contribution is -0.137. The molecule has 1 aromatic heterocycles. The van der Waals surface area contributed by atoms with E-state index in [4.69, 9.17) is 9.15 Å². The Kier molecular flexibility index (Phi) is 4.99. The normalized spacial score (nSPS) is 14.8. The predicted molar refractivity (Wildman–Crippen MR) is 96.9 cm³/mol. The summed E-state index contributed by atoms with van der Waals surface area (Å²) in [6.07, 6.45) is 1.53. The average Bonchev–Trinajstić information content (AvgIpc) is 3.18. The van der Waals surface area contributed by atoms with Gasteiger partial charge in [-0.25, -0.2) is 0 Å². The molecule has 130 valence electrons. The molecule has 3 rings (SSSR count). The first-order valence-electron chi connectivity index (χ1n) is 7.95. The number of methoxy groups -OCH3 is 1. The Bertz CT molecular complexity index is 824. The van der Waals surface area contributed by atoms with Crippen molar-refractivity contribution >= 4 is 29.1 Å². The monoisotopic (exact) mass is 357 g/mol. The Labute approximate surface area is 150 Å². The van der Waals surface area contributed by atoms with Gasteiger partial charge in [0.1, 0.15) is 11.5 Å². The number of carbonyl (C=O) groups excluding carboxylic acids is 2. The summed E-state index contributed by atoms with van der Waals surface area (Å²) in [5, 5.41) is 0.167. The number of benzene rings is 1. The van der Waals surface area contributed by atoms with Crippen molar-refractivity contribution in [1.29, 1.82) is 0 Å². The maximum absolute atomic E-state index is 13.0. The van der Waals surface area contributed by atoms with E-state index in [1.807, 2.05) is 26.0 Å². The van der Waals surface area contributed by atoms with Crippen molar-refractivity contribution in [2.24, 2.45) is 0 Å². The maximum Gasteiger partial charge on any atom is 0.268 e. The number of nitrogens with zero attached hydrogens (tertiary/aromatic N) is 1. The molecule has 2 aromatic rings. The second kappa shape index (κ2) is 7.19. The molecule has 1 aliphatic heterocycles. The number of carbonyl (C=O) groups is 2. The minimum atomic E-state index is -0.325. The molecule has 1 aromatic carbocycles. The number of hydrogen-bond acceptors (Lipinski definition) is 5. The van der Waals surface area contributed by atoms with Gasteiger partial charge in [0.2, 0.25) is 0 Å². The summed E-state index contributed by atoms with van der Waals surface area (Å²) in [7, 11) is 1.55. The van der Waals surface area contributed by atoms with Crippen LogP contribution < -0.4 is 4.74 Å². The largest absolute Gasteiger partial charge is 0.496 e. The van der Waals surface area contributed by atoms with Crippen LogP contribution in [0.1, 0.15) is 25.2 Å². The molecule has 0 unspecified atom stereocenters. The van der Waals surface area contributed by atoms with Crippen molar-refractivity contribution in [3.8, 4) is 5.75 Å². The van der Waals surface area contributed by atoms with Crippen LogP contribution >= 0.6 is 11.8 Å². The van der Waals surface area contributed by atoms with E-state index in [0.29, 0.717) is 27.6 Å². The summed E-state index contributed by atoms with van der Waals surface area (Å²) >= 11 is 1.39. The summed E-state index contributed by atoms with van der Waals surface area (Å²) in [4.78, 5) is 27.6. The lowest BCUT2D eigenvalue weighted by atomic mass is 10.1. The molecule has 1 aliphatic rings. The summed E-state index contributed by atoms with van der Waals surface area (Å²) in [5.74, 6) is 0.521. The molecule has 0 radical (unpaired) electrons. The molecule has 2 amide bonds. The number of ether oxygens (including phenoxy) is 1. The Morgan fingerprint density at radius 2 is 1.88 bits per heavy atom. The Balaban J connectivity index is 2.05. The number of hydrogen-bond donors (Lipinski definition) is 0. The number of rotatable bonds is 6. The van der Waals surface area contributed by atoms with Crippen LogP contribution in [0.2, 0.25) is 0 Å². The molecule has 0 saturated heterocycles. The van der Waals surface area contributed by atoms with Crippen LogP contribution in [0.15, 0.2) is 52.0 Å². The lowest BCUT2D eigenvalue weighted by Gasteiger charge is -2.14. The molecule has 5 nitrogen and oxygen atoms in total. The van der Waals surface area contributed by atoms with Gasteiger partial charge in [0.25, 0.3) is 11.8 Å². The zero-order valence-electron chi connectivity index (χ0n) is 14.3. The maximum atomic E-state index is 13.0. The first-order valence-corrected chi connectivity index (χ1v) is 8.83. The fourth-order valence-corrected chi connectivity index (χ4v) is 3.69. The Morgan fingerprint density at radius 1 is 1.12 bits per heavy atom. The third-order valence-corrected chi connectivity index (χ3v) is 4.84. The van der Waals surface area contributed by atoms with Gasteiger partial charge in [-0.1, -0.05) is 32.0 Å². The highest BCUT2D eigenvalue weighted by molar-refractivity contribution is 8.04. The molecule has 2 heterocycles. The average molecular weight is 357 g/mol. The molecule has 0 saturated carbocycles. The molecule has 25 heavy (non-hydrogen) atoms. The van der Waals surface area contributed by atoms with Crippen LogP contribution in [-0.4, -0.2) is 29.1 Å². The highest BCUT2D eigenvalue weighted by atomic mass is 32.2. The molecule has 0 fully saturated rings. The van der Waals surface area contributed by atoms with Gasteiger partial charge in [0, 0.05) is 10.8 Å². The minimum absolute atomic E-state index is 0.117. The van der Waals surface area contributed by atoms with Crippen molar-refractivity contribution < 1.29 is 18.7 Å². The van der Waals surface area contributed by atoms with Gasteiger partial charge in [-0.2, -0.15) is 0 Å². The molecule has 0 bridgehead atoms. The summed E-state index contributed by atoms with van der Waals surface area (Å²) in [6, 6.07) is 10.7. The van der Waals surface area contributed by atoms with Crippen LogP contribution in [0.4, 0.5) is 0 Å². The summed E-state index contributed by atoms with van der Waals surface area (Å²) in [5.41, 5.74) is 1.03. The van der Waals surface area contributed by atoms with E-state index >= 15 is 0 Å². The molecule has 0 aliphatic carbocycles. The predicted octanol–water partition coefficient (Wildman–Crippen LogP) is 3.71. The molecular weight excluding hydrogens is 338 g/mol. The second-order valence-corrected chi connectivity index (χ2v) is 7.43. The van der Waals surface area contributed by atoms with Gasteiger partial charge in [-0.3, -0.25) is 14.5 Å². The van der Waals surface area contributed by atoms with Crippen molar-refractivity contribution in [2.45, 2.75) is 25.6 Å².